The van der Waals surface area contributed by atoms with E-state index in [9.17, 15) is 8.42 Å². The van der Waals surface area contributed by atoms with E-state index in [1.54, 1.807) is 24.3 Å². The lowest BCUT2D eigenvalue weighted by molar-refractivity contribution is 0.601. The molecule has 2 aromatic carbocycles. The zero-order chi connectivity index (χ0) is 14.6. The Hall–Kier alpha value is -2.05. The van der Waals surface area contributed by atoms with Crippen molar-refractivity contribution in [1.29, 1.82) is 0 Å². The highest BCUT2D eigenvalue weighted by Gasteiger charge is 2.15. The molecule has 0 saturated carbocycles. The fraction of sp³-hybridized carbons (Fsp3) is 0.143. The van der Waals surface area contributed by atoms with Crippen molar-refractivity contribution in [2.45, 2.75) is 18.2 Å². The Kier molecular flexibility index (Phi) is 4.26. The summed E-state index contributed by atoms with van der Waals surface area (Å²) in [5, 5.41) is 0. The second-order valence-electron chi connectivity index (χ2n) is 4.28. The third-order valence-electron chi connectivity index (χ3n) is 2.97. The van der Waals surface area contributed by atoms with Gasteiger partial charge in [0.05, 0.1) is 10.6 Å². The van der Waals surface area contributed by atoms with Crippen LogP contribution in [0, 0.1) is 0 Å². The SMILES string of the molecule is CCc1ccccc1NS(=O)(=O)c1ccc(NN)cc1. The van der Waals surface area contributed by atoms with E-state index in [2.05, 4.69) is 10.1 Å². The van der Waals surface area contributed by atoms with Gasteiger partial charge in [-0.15, -0.1) is 0 Å². The van der Waals surface area contributed by atoms with Gasteiger partial charge in [-0.3, -0.25) is 10.6 Å². The van der Waals surface area contributed by atoms with E-state index in [0.717, 1.165) is 12.0 Å². The van der Waals surface area contributed by atoms with E-state index in [1.807, 2.05) is 19.1 Å². The number of nitrogens with one attached hydrogen (secondary N) is 2. The summed E-state index contributed by atoms with van der Waals surface area (Å²) in [6.07, 6.45) is 0.759. The van der Waals surface area contributed by atoms with E-state index in [0.29, 0.717) is 11.4 Å². The van der Waals surface area contributed by atoms with E-state index >= 15 is 0 Å². The number of anilines is 2. The normalized spacial score (nSPS) is 11.1. The van der Waals surface area contributed by atoms with Gasteiger partial charge in [-0.25, -0.2) is 8.42 Å². The van der Waals surface area contributed by atoms with Crippen LogP contribution in [0.5, 0.6) is 0 Å². The monoisotopic (exact) mass is 291 g/mol. The van der Waals surface area contributed by atoms with Crippen LogP contribution in [0.1, 0.15) is 12.5 Å². The lowest BCUT2D eigenvalue weighted by Crippen LogP contribution is -2.14. The fourth-order valence-electron chi connectivity index (χ4n) is 1.86. The first kappa shape index (κ1) is 14.4. The minimum Gasteiger partial charge on any atom is -0.324 e. The minimum atomic E-state index is -3.59. The summed E-state index contributed by atoms with van der Waals surface area (Å²) in [6.45, 7) is 1.98. The number of sulfonamides is 1. The molecule has 2 aromatic rings. The maximum Gasteiger partial charge on any atom is 0.261 e. The van der Waals surface area contributed by atoms with Crippen molar-refractivity contribution in [2.24, 2.45) is 5.84 Å². The second kappa shape index (κ2) is 5.94. The van der Waals surface area contributed by atoms with Crippen LogP contribution in [0.2, 0.25) is 0 Å². The van der Waals surface area contributed by atoms with Crippen LogP contribution in [0.4, 0.5) is 11.4 Å². The molecule has 5 nitrogen and oxygen atoms in total. The molecule has 0 radical (unpaired) electrons. The molecule has 0 aromatic heterocycles. The summed E-state index contributed by atoms with van der Waals surface area (Å²) in [5.74, 6) is 5.26. The zero-order valence-corrected chi connectivity index (χ0v) is 11.9. The maximum absolute atomic E-state index is 12.3. The smallest absolute Gasteiger partial charge is 0.261 e. The van der Waals surface area contributed by atoms with E-state index in [4.69, 9.17) is 5.84 Å². The molecule has 0 fully saturated rings. The molecule has 0 unspecified atom stereocenters. The predicted molar refractivity (Wildman–Crippen MR) is 80.9 cm³/mol. The van der Waals surface area contributed by atoms with Gasteiger partial charge < -0.3 is 5.43 Å². The third-order valence-corrected chi connectivity index (χ3v) is 4.36. The molecule has 2 rings (SSSR count). The molecule has 4 N–H and O–H groups in total. The van der Waals surface area contributed by atoms with Crippen LogP contribution in [-0.4, -0.2) is 8.42 Å². The van der Waals surface area contributed by atoms with Gasteiger partial charge >= 0.3 is 0 Å². The average molecular weight is 291 g/mol. The van der Waals surface area contributed by atoms with Gasteiger partial charge in [0.2, 0.25) is 0 Å². The van der Waals surface area contributed by atoms with Gasteiger partial charge in [-0.1, -0.05) is 25.1 Å². The molecule has 0 saturated heterocycles. The summed E-state index contributed by atoms with van der Waals surface area (Å²) in [5.41, 5.74) is 4.67. The Bertz CT molecular complexity index is 682. The van der Waals surface area contributed by atoms with Crippen molar-refractivity contribution in [3.8, 4) is 0 Å². The summed E-state index contributed by atoms with van der Waals surface area (Å²) in [6, 6.07) is 13.6. The molecule has 6 heteroatoms. The average Bonchev–Trinajstić information content (AvgIpc) is 2.47. The lowest BCUT2D eigenvalue weighted by Gasteiger charge is -2.12. The molecule has 0 heterocycles. The zero-order valence-electron chi connectivity index (χ0n) is 11.1. The molecular formula is C14H17N3O2S. The van der Waals surface area contributed by atoms with Crippen molar-refractivity contribution < 1.29 is 8.42 Å². The third kappa shape index (κ3) is 3.09. The van der Waals surface area contributed by atoms with E-state index < -0.39 is 10.0 Å². The first-order valence-corrected chi connectivity index (χ1v) is 7.72. The summed E-state index contributed by atoms with van der Waals surface area (Å²) >= 11 is 0. The Morgan fingerprint density at radius 2 is 1.70 bits per heavy atom. The molecule has 0 bridgehead atoms. The first-order valence-electron chi connectivity index (χ1n) is 6.24. The number of nitrogens with two attached hydrogens (primary N) is 1. The van der Waals surface area contributed by atoms with Gasteiger partial charge in [0.1, 0.15) is 0 Å². The lowest BCUT2D eigenvalue weighted by atomic mass is 10.1. The standard InChI is InChI=1S/C14H17N3O2S/c1-2-11-5-3-4-6-14(11)17-20(18,19)13-9-7-12(16-15)8-10-13/h3-10,16-17H,2,15H2,1H3. The largest absolute Gasteiger partial charge is 0.324 e. The number of para-hydroxylation sites is 1. The molecule has 106 valence electrons. The van der Waals surface area contributed by atoms with Crippen LogP contribution in [0.3, 0.4) is 0 Å². The van der Waals surface area contributed by atoms with Gasteiger partial charge in [0, 0.05) is 5.69 Å². The highest BCUT2D eigenvalue weighted by molar-refractivity contribution is 7.92. The predicted octanol–water partition coefficient (Wildman–Crippen LogP) is 2.34. The van der Waals surface area contributed by atoms with Crippen molar-refractivity contribution in [3.63, 3.8) is 0 Å². The summed E-state index contributed by atoms with van der Waals surface area (Å²) < 4.78 is 27.2. The van der Waals surface area contributed by atoms with Crippen LogP contribution < -0.4 is 16.0 Å². The molecule has 0 aliphatic carbocycles. The molecule has 0 atom stereocenters. The highest BCUT2D eigenvalue weighted by atomic mass is 32.2. The molecule has 20 heavy (non-hydrogen) atoms. The van der Waals surface area contributed by atoms with Crippen LogP contribution in [0.15, 0.2) is 53.4 Å². The summed E-state index contributed by atoms with van der Waals surface area (Å²) in [7, 11) is -3.59. The van der Waals surface area contributed by atoms with Crippen LogP contribution in [-0.2, 0) is 16.4 Å². The minimum absolute atomic E-state index is 0.197. The molecule has 0 aliphatic heterocycles. The number of aryl methyl sites for hydroxylation is 1. The van der Waals surface area contributed by atoms with Gasteiger partial charge in [0.25, 0.3) is 10.0 Å². The van der Waals surface area contributed by atoms with Crippen molar-refractivity contribution >= 4 is 21.4 Å². The number of hydrogen-bond acceptors (Lipinski definition) is 4. The number of hydrazine groups is 1. The fourth-order valence-corrected chi connectivity index (χ4v) is 2.96. The van der Waals surface area contributed by atoms with Crippen LogP contribution >= 0.6 is 0 Å². The van der Waals surface area contributed by atoms with Crippen molar-refractivity contribution in [2.75, 3.05) is 10.1 Å². The highest BCUT2D eigenvalue weighted by Crippen LogP contribution is 2.21. The van der Waals surface area contributed by atoms with Crippen LogP contribution in [0.25, 0.3) is 0 Å². The molecular weight excluding hydrogens is 274 g/mol. The number of nitrogen functional groups attached to an aromatic ring is 1. The first-order chi connectivity index (χ1) is 9.56. The van der Waals surface area contributed by atoms with Gasteiger partial charge in [-0.05, 0) is 42.3 Å². The number of rotatable bonds is 5. The maximum atomic E-state index is 12.3. The Morgan fingerprint density at radius 1 is 1.05 bits per heavy atom. The Morgan fingerprint density at radius 3 is 2.30 bits per heavy atom. The topological polar surface area (TPSA) is 84.2 Å². The second-order valence-corrected chi connectivity index (χ2v) is 5.97. The Labute approximate surface area is 118 Å². The number of hydrogen-bond donors (Lipinski definition) is 3. The molecule has 0 amide bonds. The van der Waals surface area contributed by atoms with Gasteiger partial charge in [-0.2, -0.15) is 0 Å². The van der Waals surface area contributed by atoms with Gasteiger partial charge in [0.15, 0.2) is 0 Å². The van der Waals surface area contributed by atoms with E-state index in [1.165, 1.54) is 12.1 Å². The van der Waals surface area contributed by atoms with Crippen molar-refractivity contribution in [1.82, 2.24) is 0 Å². The van der Waals surface area contributed by atoms with E-state index in [-0.39, 0.29) is 4.90 Å². The Balaban J connectivity index is 2.30. The van der Waals surface area contributed by atoms with Crippen molar-refractivity contribution in [3.05, 3.63) is 54.1 Å². The molecule has 0 aliphatic rings. The quantitative estimate of drug-likeness (QED) is 0.583. The summed E-state index contributed by atoms with van der Waals surface area (Å²) in [4.78, 5) is 0.197. The molecule has 0 spiro atoms. The number of benzene rings is 2.